The Hall–Kier alpha value is -1.32. The summed E-state index contributed by atoms with van der Waals surface area (Å²) in [6.45, 7) is 7.06. The minimum Gasteiger partial charge on any atom is -0.306 e. The Balaban J connectivity index is 2.02. The first-order valence-electron chi connectivity index (χ1n) is 6.46. The number of nitrogens with one attached hydrogen (secondary N) is 1. The van der Waals surface area contributed by atoms with Gasteiger partial charge in [-0.1, -0.05) is 23.7 Å². The first-order chi connectivity index (χ1) is 8.99. The summed E-state index contributed by atoms with van der Waals surface area (Å²) in [4.78, 5) is 0. The van der Waals surface area contributed by atoms with E-state index in [1.165, 1.54) is 16.8 Å². The van der Waals surface area contributed by atoms with E-state index in [2.05, 4.69) is 36.4 Å². The molecule has 2 rings (SSSR count). The lowest BCUT2D eigenvalue weighted by atomic mass is 10.1. The van der Waals surface area contributed by atoms with Crippen LogP contribution in [0.2, 0.25) is 5.02 Å². The van der Waals surface area contributed by atoms with Gasteiger partial charge in [0.05, 0.1) is 6.20 Å². The fraction of sp³-hybridized carbons (Fsp3) is 0.400. The highest BCUT2D eigenvalue weighted by Gasteiger charge is 2.11. The fourth-order valence-corrected chi connectivity index (χ4v) is 2.27. The first kappa shape index (κ1) is 14.1. The number of benzene rings is 1. The van der Waals surface area contributed by atoms with Crippen molar-refractivity contribution in [3.8, 4) is 0 Å². The van der Waals surface area contributed by atoms with Crippen molar-refractivity contribution in [2.45, 2.75) is 33.4 Å². The smallest absolute Gasteiger partial charge is 0.0540 e. The molecule has 19 heavy (non-hydrogen) atoms. The van der Waals surface area contributed by atoms with Crippen molar-refractivity contribution >= 4 is 11.6 Å². The molecule has 0 saturated heterocycles. The van der Waals surface area contributed by atoms with Gasteiger partial charge in [0.1, 0.15) is 0 Å². The molecule has 0 bridgehead atoms. The fourth-order valence-electron chi connectivity index (χ4n) is 2.07. The van der Waals surface area contributed by atoms with Crippen molar-refractivity contribution < 1.29 is 0 Å². The molecule has 3 nitrogen and oxygen atoms in total. The van der Waals surface area contributed by atoms with Crippen molar-refractivity contribution in [2.24, 2.45) is 7.05 Å². The molecule has 1 aromatic carbocycles. The van der Waals surface area contributed by atoms with Crippen molar-refractivity contribution in [2.75, 3.05) is 0 Å². The summed E-state index contributed by atoms with van der Waals surface area (Å²) in [5.74, 6) is 0. The van der Waals surface area contributed by atoms with Crippen LogP contribution in [-0.4, -0.2) is 9.78 Å². The van der Waals surface area contributed by atoms with Gasteiger partial charge < -0.3 is 5.32 Å². The van der Waals surface area contributed by atoms with Crippen LogP contribution in [0.5, 0.6) is 0 Å². The minimum absolute atomic E-state index is 0.272. The second-order valence-corrected chi connectivity index (χ2v) is 5.40. The van der Waals surface area contributed by atoms with Crippen LogP contribution in [0, 0.1) is 13.8 Å². The van der Waals surface area contributed by atoms with Crippen molar-refractivity contribution in [1.82, 2.24) is 15.1 Å². The number of hydrogen-bond acceptors (Lipinski definition) is 2. The number of halogens is 1. The summed E-state index contributed by atoms with van der Waals surface area (Å²) in [6.07, 6.45) is 1.93. The van der Waals surface area contributed by atoms with E-state index in [0.29, 0.717) is 0 Å². The Kier molecular flexibility index (Phi) is 4.27. The molecule has 1 N–H and O–H groups in total. The predicted molar refractivity (Wildman–Crippen MR) is 79.4 cm³/mol. The minimum atomic E-state index is 0.272. The van der Waals surface area contributed by atoms with Gasteiger partial charge in [-0.3, -0.25) is 4.68 Å². The molecular formula is C15H20ClN3. The van der Waals surface area contributed by atoms with Gasteiger partial charge in [-0.05, 0) is 38.0 Å². The molecular weight excluding hydrogens is 258 g/mol. The zero-order valence-corrected chi connectivity index (χ0v) is 12.6. The van der Waals surface area contributed by atoms with E-state index in [1.54, 1.807) is 0 Å². The van der Waals surface area contributed by atoms with Crippen LogP contribution in [0.25, 0.3) is 0 Å². The largest absolute Gasteiger partial charge is 0.306 e. The Bertz CT molecular complexity index is 575. The third-order valence-electron chi connectivity index (χ3n) is 3.59. The molecule has 0 aliphatic carbocycles. The van der Waals surface area contributed by atoms with Crippen LogP contribution < -0.4 is 5.32 Å². The number of aromatic nitrogens is 2. The number of nitrogens with zero attached hydrogens (tertiary/aromatic N) is 2. The number of rotatable bonds is 4. The highest BCUT2D eigenvalue weighted by molar-refractivity contribution is 6.31. The van der Waals surface area contributed by atoms with Gasteiger partial charge in [0.25, 0.3) is 0 Å². The second kappa shape index (κ2) is 5.76. The standard InChI is InChI=1S/C15H20ClN3/c1-10-5-6-13(7-15(10)16)8-17-11(2)14-9-18-19(4)12(14)3/h5-7,9,11,17H,8H2,1-4H3. The van der Waals surface area contributed by atoms with Gasteiger partial charge in [0.2, 0.25) is 0 Å². The molecule has 0 aliphatic heterocycles. The summed E-state index contributed by atoms with van der Waals surface area (Å²) in [6, 6.07) is 6.46. The van der Waals surface area contributed by atoms with E-state index >= 15 is 0 Å². The average Bonchev–Trinajstić information content (AvgIpc) is 2.71. The normalized spacial score (nSPS) is 12.7. The lowest BCUT2D eigenvalue weighted by Crippen LogP contribution is -2.18. The lowest BCUT2D eigenvalue weighted by molar-refractivity contribution is 0.570. The number of hydrogen-bond donors (Lipinski definition) is 1. The van der Waals surface area contributed by atoms with E-state index in [1.807, 2.05) is 30.9 Å². The predicted octanol–water partition coefficient (Wildman–Crippen LogP) is 3.54. The van der Waals surface area contributed by atoms with Crippen molar-refractivity contribution in [3.63, 3.8) is 0 Å². The van der Waals surface area contributed by atoms with Crippen LogP contribution >= 0.6 is 11.6 Å². The highest BCUT2D eigenvalue weighted by Crippen LogP contribution is 2.19. The molecule has 4 heteroatoms. The molecule has 0 spiro atoms. The molecule has 0 aliphatic rings. The van der Waals surface area contributed by atoms with Crippen molar-refractivity contribution in [1.29, 1.82) is 0 Å². The Morgan fingerprint density at radius 3 is 2.68 bits per heavy atom. The first-order valence-corrected chi connectivity index (χ1v) is 6.83. The molecule has 1 atom stereocenters. The monoisotopic (exact) mass is 277 g/mol. The molecule has 0 fully saturated rings. The zero-order chi connectivity index (χ0) is 14.0. The van der Waals surface area contributed by atoms with Gasteiger partial charge in [0.15, 0.2) is 0 Å². The topological polar surface area (TPSA) is 29.9 Å². The summed E-state index contributed by atoms with van der Waals surface area (Å²) in [5, 5.41) is 8.60. The van der Waals surface area contributed by atoms with E-state index in [4.69, 9.17) is 11.6 Å². The summed E-state index contributed by atoms with van der Waals surface area (Å²) >= 11 is 6.13. The van der Waals surface area contributed by atoms with E-state index in [9.17, 15) is 0 Å². The molecule has 1 heterocycles. The maximum atomic E-state index is 6.13. The van der Waals surface area contributed by atoms with Gasteiger partial charge in [-0.2, -0.15) is 5.10 Å². The molecule has 1 unspecified atom stereocenters. The van der Waals surface area contributed by atoms with Gasteiger partial charge in [-0.15, -0.1) is 0 Å². The van der Waals surface area contributed by atoms with Crippen LogP contribution in [-0.2, 0) is 13.6 Å². The third kappa shape index (κ3) is 3.17. The SMILES string of the molecule is Cc1ccc(CNC(C)c2cnn(C)c2C)cc1Cl. The summed E-state index contributed by atoms with van der Waals surface area (Å²) in [5.41, 5.74) is 4.74. The number of aryl methyl sites for hydroxylation is 2. The molecule has 0 radical (unpaired) electrons. The van der Waals surface area contributed by atoms with Crippen LogP contribution in [0.15, 0.2) is 24.4 Å². The molecule has 102 valence electrons. The summed E-state index contributed by atoms with van der Waals surface area (Å²) in [7, 11) is 1.96. The molecule has 0 saturated carbocycles. The van der Waals surface area contributed by atoms with Crippen LogP contribution in [0.3, 0.4) is 0 Å². The zero-order valence-electron chi connectivity index (χ0n) is 11.9. The van der Waals surface area contributed by atoms with E-state index < -0.39 is 0 Å². The van der Waals surface area contributed by atoms with Gasteiger partial charge in [-0.25, -0.2) is 0 Å². The van der Waals surface area contributed by atoms with Crippen LogP contribution in [0.4, 0.5) is 0 Å². The Morgan fingerprint density at radius 2 is 2.11 bits per heavy atom. The Labute approximate surface area is 119 Å². The average molecular weight is 278 g/mol. The summed E-state index contributed by atoms with van der Waals surface area (Å²) < 4.78 is 1.90. The van der Waals surface area contributed by atoms with E-state index in [0.717, 1.165) is 17.1 Å². The Morgan fingerprint density at radius 1 is 1.37 bits per heavy atom. The van der Waals surface area contributed by atoms with Crippen LogP contribution in [0.1, 0.15) is 35.3 Å². The van der Waals surface area contributed by atoms with E-state index in [-0.39, 0.29) is 6.04 Å². The second-order valence-electron chi connectivity index (χ2n) is 5.00. The quantitative estimate of drug-likeness (QED) is 0.926. The van der Waals surface area contributed by atoms with Gasteiger partial charge >= 0.3 is 0 Å². The molecule has 1 aromatic heterocycles. The molecule has 0 amide bonds. The third-order valence-corrected chi connectivity index (χ3v) is 4.00. The maximum Gasteiger partial charge on any atom is 0.0540 e. The van der Waals surface area contributed by atoms with Gasteiger partial charge in [0, 0.05) is 35.9 Å². The molecule has 2 aromatic rings. The maximum absolute atomic E-state index is 6.13. The van der Waals surface area contributed by atoms with Crippen molar-refractivity contribution in [3.05, 3.63) is 51.8 Å². The highest BCUT2D eigenvalue weighted by atomic mass is 35.5. The lowest BCUT2D eigenvalue weighted by Gasteiger charge is -2.14.